The minimum atomic E-state index is 0.744. The first-order valence-electron chi connectivity index (χ1n) is 7.24. The summed E-state index contributed by atoms with van der Waals surface area (Å²) in [4.78, 5) is 6.38. The van der Waals surface area contributed by atoms with E-state index in [4.69, 9.17) is 0 Å². The third kappa shape index (κ3) is 3.36. The number of anilines is 1. The quantitative estimate of drug-likeness (QED) is 0.872. The van der Waals surface area contributed by atoms with Crippen LogP contribution in [-0.4, -0.2) is 18.1 Å². The summed E-state index contributed by atoms with van der Waals surface area (Å²) in [7, 11) is 2.15. The highest BCUT2D eigenvalue weighted by molar-refractivity contribution is 5.53. The number of para-hydroxylation sites is 1. The summed E-state index contributed by atoms with van der Waals surface area (Å²) in [5, 5.41) is 3.60. The van der Waals surface area contributed by atoms with Crippen molar-refractivity contribution in [3.63, 3.8) is 0 Å². The first kappa shape index (κ1) is 13.1. The zero-order valence-electron chi connectivity index (χ0n) is 11.9. The van der Waals surface area contributed by atoms with Crippen LogP contribution in [0.25, 0.3) is 0 Å². The van der Waals surface area contributed by atoms with Crippen LogP contribution in [0.3, 0.4) is 0 Å². The number of hydrogen-bond donors (Lipinski definition) is 1. The first-order valence-corrected chi connectivity index (χ1v) is 7.24. The Bertz CT molecular complexity index is 549. The van der Waals surface area contributed by atoms with E-state index in [9.17, 15) is 0 Å². The Morgan fingerprint density at radius 2 is 1.90 bits per heavy atom. The predicted molar refractivity (Wildman–Crippen MR) is 82.6 cm³/mol. The fourth-order valence-electron chi connectivity index (χ4n) is 2.42. The van der Waals surface area contributed by atoms with Crippen LogP contribution >= 0.6 is 0 Å². The molecular weight excluding hydrogens is 246 g/mol. The number of nitrogens with zero attached hydrogens (tertiary/aromatic N) is 2. The molecule has 1 fully saturated rings. The minimum absolute atomic E-state index is 0.744. The molecule has 1 aromatic heterocycles. The van der Waals surface area contributed by atoms with Crippen LogP contribution < -0.4 is 10.2 Å². The van der Waals surface area contributed by atoms with Crippen LogP contribution in [0.5, 0.6) is 0 Å². The normalized spacial score (nSPS) is 14.2. The number of hydrogen-bond acceptors (Lipinski definition) is 3. The van der Waals surface area contributed by atoms with Crippen molar-refractivity contribution in [3.05, 3.63) is 59.9 Å². The van der Waals surface area contributed by atoms with Crippen LogP contribution in [0.4, 0.5) is 5.69 Å². The minimum Gasteiger partial charge on any atom is -0.370 e. The maximum absolute atomic E-state index is 4.07. The third-order valence-corrected chi connectivity index (χ3v) is 3.73. The Labute approximate surface area is 120 Å². The molecule has 0 spiro atoms. The number of pyridine rings is 1. The molecule has 0 bridgehead atoms. The highest BCUT2D eigenvalue weighted by Crippen LogP contribution is 2.23. The van der Waals surface area contributed by atoms with Gasteiger partial charge in [-0.05, 0) is 42.2 Å². The topological polar surface area (TPSA) is 28.2 Å². The van der Waals surface area contributed by atoms with E-state index in [1.54, 1.807) is 0 Å². The van der Waals surface area contributed by atoms with Gasteiger partial charge in [-0.15, -0.1) is 0 Å². The molecule has 0 saturated heterocycles. The summed E-state index contributed by atoms with van der Waals surface area (Å²) in [5.41, 5.74) is 3.96. The lowest BCUT2D eigenvalue weighted by molar-refractivity contribution is 0.685. The van der Waals surface area contributed by atoms with Gasteiger partial charge in [-0.3, -0.25) is 4.98 Å². The van der Waals surface area contributed by atoms with E-state index in [1.807, 2.05) is 12.4 Å². The van der Waals surface area contributed by atoms with Crippen LogP contribution in [0.15, 0.2) is 48.8 Å². The second kappa shape index (κ2) is 6.06. The number of rotatable bonds is 6. The van der Waals surface area contributed by atoms with E-state index in [0.717, 1.165) is 19.1 Å². The second-order valence-electron chi connectivity index (χ2n) is 5.50. The summed E-state index contributed by atoms with van der Waals surface area (Å²) in [6.45, 7) is 1.87. The summed E-state index contributed by atoms with van der Waals surface area (Å²) >= 11 is 0. The van der Waals surface area contributed by atoms with Crippen molar-refractivity contribution in [1.82, 2.24) is 10.3 Å². The van der Waals surface area contributed by atoms with E-state index in [1.165, 1.54) is 29.7 Å². The van der Waals surface area contributed by atoms with Gasteiger partial charge >= 0.3 is 0 Å². The van der Waals surface area contributed by atoms with Gasteiger partial charge in [0.1, 0.15) is 0 Å². The van der Waals surface area contributed by atoms with Gasteiger partial charge in [-0.2, -0.15) is 0 Å². The zero-order chi connectivity index (χ0) is 13.8. The maximum atomic E-state index is 4.07. The first-order chi connectivity index (χ1) is 9.83. The van der Waals surface area contributed by atoms with Crippen molar-refractivity contribution < 1.29 is 0 Å². The molecule has 3 nitrogen and oxygen atoms in total. The second-order valence-corrected chi connectivity index (χ2v) is 5.50. The fourth-order valence-corrected chi connectivity index (χ4v) is 2.42. The highest BCUT2D eigenvalue weighted by atomic mass is 15.1. The van der Waals surface area contributed by atoms with E-state index in [2.05, 4.69) is 58.6 Å². The Balaban J connectivity index is 1.71. The van der Waals surface area contributed by atoms with E-state index in [-0.39, 0.29) is 0 Å². The van der Waals surface area contributed by atoms with Gasteiger partial charge < -0.3 is 10.2 Å². The molecule has 3 rings (SSSR count). The number of benzene rings is 1. The average molecular weight is 267 g/mol. The molecule has 0 amide bonds. The van der Waals surface area contributed by atoms with Gasteiger partial charge in [0, 0.05) is 44.3 Å². The van der Waals surface area contributed by atoms with Crippen molar-refractivity contribution in [3.8, 4) is 0 Å². The molecule has 1 aromatic carbocycles. The lowest BCUT2D eigenvalue weighted by Crippen LogP contribution is -2.21. The van der Waals surface area contributed by atoms with Crippen LogP contribution in [0.2, 0.25) is 0 Å². The molecule has 0 atom stereocenters. The molecule has 1 heterocycles. The maximum Gasteiger partial charge on any atom is 0.0427 e. The fraction of sp³-hybridized carbons (Fsp3) is 0.353. The summed E-state index contributed by atoms with van der Waals surface area (Å²) in [6, 6.07) is 13.5. The predicted octanol–water partition coefficient (Wildman–Crippen LogP) is 2.97. The molecule has 1 aliphatic carbocycles. The molecule has 1 saturated carbocycles. The van der Waals surface area contributed by atoms with Crippen molar-refractivity contribution in [2.24, 2.45) is 0 Å². The third-order valence-electron chi connectivity index (χ3n) is 3.73. The summed E-state index contributed by atoms with van der Waals surface area (Å²) < 4.78 is 0. The van der Waals surface area contributed by atoms with Crippen molar-refractivity contribution in [2.75, 3.05) is 11.9 Å². The Kier molecular flexibility index (Phi) is 3.97. The van der Waals surface area contributed by atoms with Crippen LogP contribution in [-0.2, 0) is 13.1 Å². The molecule has 0 unspecified atom stereocenters. The molecule has 2 aromatic rings. The van der Waals surface area contributed by atoms with Crippen LogP contribution in [0.1, 0.15) is 24.0 Å². The molecule has 20 heavy (non-hydrogen) atoms. The standard InChI is InChI=1S/C17H21N3/c1-20(13-14-8-10-18-11-9-14)17-5-3-2-4-15(17)12-19-16-6-7-16/h2-5,8-11,16,19H,6-7,12-13H2,1H3. The molecule has 0 aliphatic heterocycles. The Hall–Kier alpha value is -1.87. The van der Waals surface area contributed by atoms with Gasteiger partial charge in [0.2, 0.25) is 0 Å². The molecule has 104 valence electrons. The van der Waals surface area contributed by atoms with Crippen molar-refractivity contribution in [1.29, 1.82) is 0 Å². The van der Waals surface area contributed by atoms with E-state index in [0.29, 0.717) is 0 Å². The van der Waals surface area contributed by atoms with Crippen molar-refractivity contribution in [2.45, 2.75) is 32.0 Å². The van der Waals surface area contributed by atoms with Crippen molar-refractivity contribution >= 4 is 5.69 Å². The lowest BCUT2D eigenvalue weighted by atomic mass is 10.1. The molecule has 3 heteroatoms. The van der Waals surface area contributed by atoms with Gasteiger partial charge in [-0.1, -0.05) is 18.2 Å². The monoisotopic (exact) mass is 267 g/mol. The van der Waals surface area contributed by atoms with E-state index < -0.39 is 0 Å². The Morgan fingerprint density at radius 1 is 1.15 bits per heavy atom. The molecule has 0 radical (unpaired) electrons. The van der Waals surface area contributed by atoms with Gasteiger partial charge in [0.25, 0.3) is 0 Å². The van der Waals surface area contributed by atoms with Crippen LogP contribution in [0, 0.1) is 0 Å². The summed E-state index contributed by atoms with van der Waals surface area (Å²) in [5.74, 6) is 0. The molecule has 1 N–H and O–H groups in total. The highest BCUT2D eigenvalue weighted by Gasteiger charge is 2.20. The number of aromatic nitrogens is 1. The number of nitrogens with one attached hydrogen (secondary N) is 1. The molecular formula is C17H21N3. The largest absolute Gasteiger partial charge is 0.370 e. The van der Waals surface area contributed by atoms with Gasteiger partial charge in [0.05, 0.1) is 0 Å². The van der Waals surface area contributed by atoms with E-state index >= 15 is 0 Å². The zero-order valence-corrected chi connectivity index (χ0v) is 11.9. The van der Waals surface area contributed by atoms with Gasteiger partial charge in [0.15, 0.2) is 0 Å². The Morgan fingerprint density at radius 3 is 2.65 bits per heavy atom. The molecule has 1 aliphatic rings. The van der Waals surface area contributed by atoms with Gasteiger partial charge in [-0.25, -0.2) is 0 Å². The smallest absolute Gasteiger partial charge is 0.0427 e. The average Bonchev–Trinajstić information content (AvgIpc) is 3.31. The summed E-state index contributed by atoms with van der Waals surface area (Å²) in [6.07, 6.45) is 6.36. The lowest BCUT2D eigenvalue weighted by Gasteiger charge is -2.23. The SMILES string of the molecule is CN(Cc1ccncc1)c1ccccc1CNC1CC1.